The molecule has 0 radical (unpaired) electrons. The highest BCUT2D eigenvalue weighted by atomic mass is 31.3. The lowest BCUT2D eigenvalue weighted by molar-refractivity contribution is 0.127. The van der Waals surface area contributed by atoms with Crippen LogP contribution in [-0.2, 0) is 133 Å². The molecule has 0 spiro atoms. The first-order chi connectivity index (χ1) is 42.4. The van der Waals surface area contributed by atoms with Crippen LogP contribution in [0.4, 0.5) is 0 Å². The molecule has 0 fully saturated rings. The Kier molecular flexibility index (Phi) is 39.4. The van der Waals surface area contributed by atoms with E-state index in [-0.39, 0.29) is 57.9 Å². The lowest BCUT2D eigenvalue weighted by Crippen LogP contribution is -2.53. The first-order valence-electron chi connectivity index (χ1n) is 27.1. The van der Waals surface area contributed by atoms with Gasteiger partial charge in [0.2, 0.25) is 0 Å². The molecule has 0 aromatic rings. The van der Waals surface area contributed by atoms with Crippen LogP contribution in [0.3, 0.4) is 0 Å². The van der Waals surface area contributed by atoms with E-state index >= 15 is 0 Å². The van der Waals surface area contributed by atoms with E-state index in [9.17, 15) is 0 Å². The molecule has 0 atom stereocenters. The first kappa shape index (κ1) is 90.1. The van der Waals surface area contributed by atoms with Gasteiger partial charge in [0.15, 0.2) is 0 Å². The summed E-state index contributed by atoms with van der Waals surface area (Å²) < 4.78 is 229. The van der Waals surface area contributed by atoms with Crippen molar-refractivity contribution in [2.24, 2.45) is 22.6 Å². The summed E-state index contributed by atoms with van der Waals surface area (Å²) >= 11 is 0. The first-order valence-corrected chi connectivity index (χ1v) is 56.7. The van der Waals surface area contributed by atoms with Crippen molar-refractivity contribution in [3.63, 3.8) is 0 Å². The Balaban J connectivity index is 7.27. The summed E-state index contributed by atoms with van der Waals surface area (Å²) in [7, 11) is -19.8. The molecule has 0 aliphatic carbocycles. The fourth-order valence-electron chi connectivity index (χ4n) is 10.1. The Morgan fingerprint density at radius 2 is 0.189 bits per heavy atom. The van der Waals surface area contributed by atoms with Crippen LogP contribution in [0.5, 0.6) is 0 Å². The second kappa shape index (κ2) is 39.4. The molecule has 0 unspecified atom stereocenters. The second-order valence-electron chi connectivity index (χ2n) is 19.4. The van der Waals surface area contributed by atoms with E-state index in [1.54, 1.807) is 0 Å². The zero-order valence-electron chi connectivity index (χ0n) is 58.8. The monoisotopic (exact) mass is 1580 g/mol. The second-order valence-corrected chi connectivity index (χ2v) is 70.3. The number of hydrogen-bond acceptors (Lipinski definition) is 35. The SMILES string of the molecule is CO[Si](CP1(C[Si](OC)(OC)OC)=NP(C[Si](OC)(OC)OC)(C[Si](OC)(OC)OC)=NP(C[Si](OC)(OC)OC)(C[Si](OC)(OC)OC)=NP(C[Si](OC)(OC)OC)(C[Si](OC)(OC)OC)=NP(C[Si](OC)(OC)OC)(C[Si](OC)(OC)OC)=N1)(OC)OC. The van der Waals surface area contributed by atoms with Crippen molar-refractivity contribution in [1.29, 1.82) is 0 Å². The third-order valence-electron chi connectivity index (χ3n) is 15.5. The Morgan fingerprint density at radius 3 is 0.233 bits per heavy atom. The molecule has 35 nitrogen and oxygen atoms in total. The van der Waals surface area contributed by atoms with Gasteiger partial charge in [-0.3, -0.25) is 0 Å². The summed E-state index contributed by atoms with van der Waals surface area (Å²) in [5.74, 6) is -2.75. The van der Waals surface area contributed by atoms with Gasteiger partial charge in [-0.05, 0) is 0 Å². The van der Waals surface area contributed by atoms with Crippen LogP contribution in [0.25, 0.3) is 0 Å². The standard InChI is InChI=1S/C40H110N5O30P5Si10/c1-46-81(47-2,48-3)31-76(32-82(49-4,50-5)51-6)41-77(33-83(52-7,53-8)54-9,34-84(55-10,56-11)57-12)43-79(37-87(64-19,65-20)66-21,38-88(67-22,68-23)69-24)45-80(39-89(70-25,71-26)72-27,40-90(73-28,74-29)75-30)44-78(42-76,35-85(58-13,59-14)60-15)36-86(61-16,62-17)63-18/h31-40H2,1-30H3. The molecule has 540 valence electrons. The van der Waals surface area contributed by atoms with Crippen LogP contribution in [0, 0.1) is 0 Å². The maximum absolute atomic E-state index is 6.54. The van der Waals surface area contributed by atoms with Crippen molar-refractivity contribution in [2.75, 3.05) is 271 Å². The van der Waals surface area contributed by atoms with Gasteiger partial charge in [0.1, 0.15) is 0 Å². The third kappa shape index (κ3) is 21.6. The van der Waals surface area contributed by atoms with Crippen molar-refractivity contribution in [3.8, 4) is 0 Å². The van der Waals surface area contributed by atoms with E-state index < -0.39 is 124 Å². The minimum Gasteiger partial charge on any atom is -0.377 e. The van der Waals surface area contributed by atoms with E-state index in [1.807, 2.05) is 0 Å². The van der Waals surface area contributed by atoms with Gasteiger partial charge in [-0.2, -0.15) is 0 Å². The van der Waals surface area contributed by atoms with Crippen molar-refractivity contribution < 1.29 is 133 Å². The number of hydrogen-bond donors (Lipinski definition) is 0. The fraction of sp³-hybridized carbons (Fsp3) is 1.00. The summed E-state index contributed by atoms with van der Waals surface area (Å²) in [6.45, 7) is 0. The zero-order valence-corrected chi connectivity index (χ0v) is 73.3. The van der Waals surface area contributed by atoms with Crippen LogP contribution >= 0.6 is 36.0 Å². The molecule has 0 aromatic carbocycles. The average Bonchev–Trinajstić information content (AvgIpc) is 0.717. The molecule has 50 heteroatoms. The quantitative estimate of drug-likeness (QED) is 0.0585. The molecule has 0 saturated heterocycles. The molecular formula is C40H110N5O30P5Si10. The maximum Gasteiger partial charge on any atom is 0.507 e. The fourth-order valence-corrected chi connectivity index (χ4v) is 93.8. The molecule has 1 heterocycles. The predicted octanol–water partition coefficient (Wildman–Crippen LogP) is 4.75. The lowest BCUT2D eigenvalue weighted by atomic mass is 11.8. The summed E-state index contributed by atoms with van der Waals surface area (Å²) in [5.41, 5.74) is 0. The molecule has 1 rings (SSSR count). The molecule has 0 saturated carbocycles. The van der Waals surface area contributed by atoms with Crippen molar-refractivity contribution in [3.05, 3.63) is 0 Å². The maximum atomic E-state index is 6.54. The zero-order chi connectivity index (χ0) is 69.3. The number of rotatable bonds is 50. The smallest absolute Gasteiger partial charge is 0.377 e. The molecule has 1 aliphatic rings. The van der Waals surface area contributed by atoms with Crippen LogP contribution in [0.2, 0.25) is 0 Å². The van der Waals surface area contributed by atoms with Gasteiger partial charge in [0.25, 0.3) is 0 Å². The van der Waals surface area contributed by atoms with Crippen LogP contribution in [0.15, 0.2) is 22.6 Å². The Labute approximate surface area is 547 Å². The molecule has 0 N–H and O–H groups in total. The van der Waals surface area contributed by atoms with Crippen molar-refractivity contribution in [1.82, 2.24) is 0 Å². The van der Waals surface area contributed by atoms with Crippen LogP contribution in [0.1, 0.15) is 0 Å². The van der Waals surface area contributed by atoms with Gasteiger partial charge in [0.05, 0.1) is 93.9 Å². The van der Waals surface area contributed by atoms with Gasteiger partial charge >= 0.3 is 88.0 Å². The highest BCUT2D eigenvalue weighted by Crippen LogP contribution is 2.82. The topological polar surface area (TPSA) is 339 Å². The lowest BCUT2D eigenvalue weighted by Gasteiger charge is -2.44. The highest BCUT2D eigenvalue weighted by Gasteiger charge is 2.63. The predicted molar refractivity (Wildman–Crippen MR) is 363 cm³/mol. The average molecular weight is 1580 g/mol. The molecule has 0 amide bonds. The van der Waals surface area contributed by atoms with E-state index in [0.717, 1.165) is 0 Å². The van der Waals surface area contributed by atoms with Crippen molar-refractivity contribution in [2.45, 2.75) is 0 Å². The van der Waals surface area contributed by atoms with E-state index in [1.165, 1.54) is 213 Å². The third-order valence-corrected chi connectivity index (χ3v) is 83.2. The van der Waals surface area contributed by atoms with Gasteiger partial charge in [-0.1, -0.05) is 0 Å². The largest absolute Gasteiger partial charge is 0.507 e. The molecule has 0 aromatic heterocycles. The minimum atomic E-state index is -4.34. The van der Waals surface area contributed by atoms with Gasteiger partial charge in [-0.15, -0.1) is 0 Å². The molecular weight excluding hydrogens is 1470 g/mol. The highest BCUT2D eigenvalue weighted by molar-refractivity contribution is 7.91. The normalized spacial score (nSPS) is 17.9. The van der Waals surface area contributed by atoms with Crippen molar-refractivity contribution >= 4 is 124 Å². The van der Waals surface area contributed by atoms with E-state index in [2.05, 4.69) is 0 Å². The number of nitrogens with zero attached hydrogens (tertiary/aromatic N) is 5. The Bertz CT molecular complexity index is 1800. The summed E-state index contributed by atoms with van der Waals surface area (Å²) in [4.78, 5) is 0. The minimum absolute atomic E-state index is 0.275. The van der Waals surface area contributed by atoms with Gasteiger partial charge in [-0.25, -0.2) is 22.6 Å². The molecule has 90 heavy (non-hydrogen) atoms. The Hall–Kier alpha value is 2.12. The summed E-state index contributed by atoms with van der Waals surface area (Å²) in [5, 5.41) is 0. The Morgan fingerprint density at radius 1 is 0.133 bits per heavy atom. The van der Waals surface area contributed by atoms with E-state index in [4.69, 9.17) is 155 Å². The van der Waals surface area contributed by atoms with Gasteiger partial charge < -0.3 is 133 Å². The van der Waals surface area contributed by atoms with Gasteiger partial charge in [0, 0.05) is 213 Å². The van der Waals surface area contributed by atoms with Crippen LogP contribution in [-0.4, -0.2) is 359 Å². The molecule has 1 aliphatic heterocycles. The summed E-state index contributed by atoms with van der Waals surface area (Å²) in [6, 6.07) is 0. The van der Waals surface area contributed by atoms with Crippen LogP contribution < -0.4 is 0 Å². The van der Waals surface area contributed by atoms with E-state index in [0.29, 0.717) is 0 Å². The molecule has 0 bridgehead atoms. The summed E-state index contributed by atoms with van der Waals surface area (Å²) in [6.07, 6.45) is 0.